The Morgan fingerprint density at radius 1 is 1.14 bits per heavy atom. The minimum absolute atomic E-state index is 0.00821. The van der Waals surface area contributed by atoms with Gasteiger partial charge in [-0.25, -0.2) is 4.39 Å². The molecule has 222 valence electrons. The minimum Gasteiger partial charge on any atom is -0.386 e. The number of nitrogens with zero attached hydrogens (tertiary/aromatic N) is 2. The van der Waals surface area contributed by atoms with Crippen LogP contribution in [0.4, 0.5) is 4.39 Å². The molecule has 1 aliphatic heterocycles. The number of fused-ring (bicyclic) bond motifs is 1. The fourth-order valence-corrected chi connectivity index (χ4v) is 5.84. The standard InChI is InChI=1S/C32H34Cl2FN3O4/c1-30(2,41)21-15-25-28(26(35)16-21)32(20-6-8-22(33)9-7-20,38(29(25)40)18-24-11-10-23(34)17-37-24)42-19-31(13-14-31)12-4-5-27(39)36-3/h6-11,15-17,41H,4-5,12-14,18-19H2,1-3H3,(H,36,39)/t32-/m1/s1. The zero-order chi connectivity index (χ0) is 30.3. The molecule has 0 unspecified atom stereocenters. The maximum Gasteiger partial charge on any atom is 0.257 e. The van der Waals surface area contributed by atoms with Crippen LogP contribution in [0.2, 0.25) is 10.0 Å². The number of halogens is 3. The summed E-state index contributed by atoms with van der Waals surface area (Å²) in [6.07, 6.45) is 5.15. The first kappa shape index (κ1) is 30.4. The van der Waals surface area contributed by atoms with Crippen LogP contribution in [0.25, 0.3) is 0 Å². The van der Waals surface area contributed by atoms with Gasteiger partial charge in [-0.05, 0) is 86.9 Å². The first-order valence-electron chi connectivity index (χ1n) is 14.0. The van der Waals surface area contributed by atoms with Gasteiger partial charge in [0.15, 0.2) is 5.72 Å². The molecule has 2 aliphatic rings. The van der Waals surface area contributed by atoms with Gasteiger partial charge in [0, 0.05) is 30.3 Å². The van der Waals surface area contributed by atoms with E-state index in [0.29, 0.717) is 34.1 Å². The van der Waals surface area contributed by atoms with Gasteiger partial charge in [-0.3, -0.25) is 19.5 Å². The van der Waals surface area contributed by atoms with Crippen LogP contribution in [0, 0.1) is 11.2 Å². The van der Waals surface area contributed by atoms with E-state index in [4.69, 9.17) is 27.9 Å². The zero-order valence-corrected chi connectivity index (χ0v) is 25.4. The molecule has 0 saturated heterocycles. The highest BCUT2D eigenvalue weighted by atomic mass is 35.5. The first-order valence-corrected chi connectivity index (χ1v) is 14.7. The summed E-state index contributed by atoms with van der Waals surface area (Å²) in [5, 5.41) is 14.3. The van der Waals surface area contributed by atoms with Crippen LogP contribution in [0.3, 0.4) is 0 Å². The van der Waals surface area contributed by atoms with Crippen LogP contribution in [-0.4, -0.2) is 40.5 Å². The van der Waals surface area contributed by atoms with Crippen molar-refractivity contribution in [2.24, 2.45) is 5.41 Å². The molecule has 3 aromatic rings. The van der Waals surface area contributed by atoms with Crippen molar-refractivity contribution in [1.29, 1.82) is 0 Å². The molecule has 1 aromatic heterocycles. The number of aliphatic hydroxyl groups is 1. The second-order valence-electron chi connectivity index (χ2n) is 11.8. The molecule has 1 fully saturated rings. The molecule has 1 aliphatic carbocycles. The molecular formula is C32H34Cl2FN3O4. The summed E-state index contributed by atoms with van der Waals surface area (Å²) in [4.78, 5) is 32.0. The number of ether oxygens (including phenoxy) is 1. The van der Waals surface area contributed by atoms with Gasteiger partial charge in [-0.15, -0.1) is 0 Å². The predicted octanol–water partition coefficient (Wildman–Crippen LogP) is 6.33. The summed E-state index contributed by atoms with van der Waals surface area (Å²) in [6.45, 7) is 3.34. The Morgan fingerprint density at radius 3 is 2.43 bits per heavy atom. The number of benzene rings is 2. The van der Waals surface area contributed by atoms with Crippen molar-refractivity contribution in [2.45, 2.75) is 63.8 Å². The minimum atomic E-state index is -1.64. The maximum atomic E-state index is 16.4. The Bertz CT molecular complexity index is 1490. The molecule has 2 aromatic carbocycles. The van der Waals surface area contributed by atoms with Crippen molar-refractivity contribution in [3.05, 3.63) is 98.5 Å². The summed E-state index contributed by atoms with van der Waals surface area (Å²) in [6, 6.07) is 13.0. The lowest BCUT2D eigenvalue weighted by molar-refractivity contribution is -0.128. The summed E-state index contributed by atoms with van der Waals surface area (Å²) in [5.74, 6) is -1.14. The van der Waals surface area contributed by atoms with Gasteiger partial charge >= 0.3 is 0 Å². The number of hydrogen-bond acceptors (Lipinski definition) is 5. The second kappa shape index (κ2) is 11.6. The third-order valence-corrected chi connectivity index (χ3v) is 8.75. The molecular weight excluding hydrogens is 580 g/mol. The quantitative estimate of drug-likeness (QED) is 0.264. The van der Waals surface area contributed by atoms with E-state index in [1.54, 1.807) is 63.4 Å². The van der Waals surface area contributed by atoms with Crippen molar-refractivity contribution >= 4 is 35.0 Å². The smallest absolute Gasteiger partial charge is 0.257 e. The van der Waals surface area contributed by atoms with Gasteiger partial charge in [0.1, 0.15) is 5.82 Å². The molecule has 7 nitrogen and oxygen atoms in total. The van der Waals surface area contributed by atoms with Crippen molar-refractivity contribution in [3.8, 4) is 0 Å². The van der Waals surface area contributed by atoms with Crippen LogP contribution >= 0.6 is 23.2 Å². The van der Waals surface area contributed by atoms with E-state index in [1.807, 2.05) is 0 Å². The topological polar surface area (TPSA) is 91.8 Å². The summed E-state index contributed by atoms with van der Waals surface area (Å²) >= 11 is 12.3. The van der Waals surface area contributed by atoms with Crippen LogP contribution in [0.5, 0.6) is 0 Å². The molecule has 0 radical (unpaired) electrons. The first-order chi connectivity index (χ1) is 19.9. The molecule has 2 heterocycles. The lowest BCUT2D eigenvalue weighted by atomic mass is 9.88. The van der Waals surface area contributed by atoms with E-state index >= 15 is 4.39 Å². The van der Waals surface area contributed by atoms with E-state index in [2.05, 4.69) is 10.3 Å². The number of aromatic nitrogens is 1. The summed E-state index contributed by atoms with van der Waals surface area (Å²) in [5.41, 5.74) is -1.67. The second-order valence-corrected chi connectivity index (χ2v) is 12.6. The average molecular weight is 615 g/mol. The molecule has 2 N–H and O–H groups in total. The molecule has 42 heavy (non-hydrogen) atoms. The van der Waals surface area contributed by atoms with E-state index in [1.165, 1.54) is 17.2 Å². The molecule has 5 rings (SSSR count). The summed E-state index contributed by atoms with van der Waals surface area (Å²) < 4.78 is 23.2. The summed E-state index contributed by atoms with van der Waals surface area (Å²) in [7, 11) is 1.62. The van der Waals surface area contributed by atoms with E-state index in [0.717, 1.165) is 19.3 Å². The Kier molecular flexibility index (Phi) is 8.38. The van der Waals surface area contributed by atoms with Gasteiger partial charge in [0.2, 0.25) is 5.91 Å². The molecule has 10 heteroatoms. The number of carbonyl (C=O) groups excluding carboxylic acids is 2. The zero-order valence-electron chi connectivity index (χ0n) is 23.8. The van der Waals surface area contributed by atoms with Gasteiger partial charge in [0.25, 0.3) is 5.91 Å². The number of pyridine rings is 1. The fourth-order valence-electron chi connectivity index (χ4n) is 5.60. The van der Waals surface area contributed by atoms with Gasteiger partial charge in [-0.1, -0.05) is 35.3 Å². The lowest BCUT2D eigenvalue weighted by Gasteiger charge is -2.40. The Morgan fingerprint density at radius 2 is 1.83 bits per heavy atom. The SMILES string of the molecule is CNC(=O)CCCC1(CO[C@]2(c3ccc(Cl)cc3)c3c(F)cc(C(C)(C)O)cc3C(=O)N2Cc2ccc(Cl)cn2)CC1. The van der Waals surface area contributed by atoms with Crippen molar-refractivity contribution in [3.63, 3.8) is 0 Å². The Hall–Kier alpha value is -3.04. The number of nitrogens with one attached hydrogen (secondary N) is 1. The van der Waals surface area contributed by atoms with Crippen LogP contribution in [0.1, 0.15) is 78.7 Å². The van der Waals surface area contributed by atoms with E-state index in [9.17, 15) is 14.7 Å². The third-order valence-electron chi connectivity index (χ3n) is 8.27. The number of rotatable bonds is 11. The predicted molar refractivity (Wildman–Crippen MR) is 159 cm³/mol. The van der Waals surface area contributed by atoms with Crippen molar-refractivity contribution in [2.75, 3.05) is 13.7 Å². The molecule has 2 amide bonds. The maximum absolute atomic E-state index is 16.4. The van der Waals surface area contributed by atoms with Gasteiger partial charge in [-0.2, -0.15) is 0 Å². The van der Waals surface area contributed by atoms with Crippen molar-refractivity contribution in [1.82, 2.24) is 15.2 Å². The fraction of sp³-hybridized carbons (Fsp3) is 0.406. The normalized spacial score (nSPS) is 19.1. The number of carbonyl (C=O) groups is 2. The highest BCUT2D eigenvalue weighted by Gasteiger charge is 2.56. The third kappa shape index (κ3) is 5.91. The van der Waals surface area contributed by atoms with Crippen molar-refractivity contribution < 1.29 is 23.8 Å². The highest BCUT2D eigenvalue weighted by molar-refractivity contribution is 6.30. The number of amides is 2. The lowest BCUT2D eigenvalue weighted by Crippen LogP contribution is -2.48. The van der Waals surface area contributed by atoms with E-state index < -0.39 is 23.1 Å². The Labute approximate surface area is 255 Å². The van der Waals surface area contributed by atoms with Crippen LogP contribution in [-0.2, 0) is 27.4 Å². The average Bonchev–Trinajstić information content (AvgIpc) is 3.68. The van der Waals surface area contributed by atoms with Crippen LogP contribution in [0.15, 0.2) is 54.7 Å². The van der Waals surface area contributed by atoms with Gasteiger partial charge < -0.3 is 15.2 Å². The van der Waals surface area contributed by atoms with Gasteiger partial charge in [0.05, 0.1) is 40.6 Å². The van der Waals surface area contributed by atoms with E-state index in [-0.39, 0.29) is 41.2 Å². The molecule has 1 atom stereocenters. The molecule has 1 saturated carbocycles. The highest BCUT2D eigenvalue weighted by Crippen LogP contribution is 2.54. The van der Waals surface area contributed by atoms with Crippen LogP contribution < -0.4 is 5.32 Å². The Balaban J connectivity index is 1.63. The number of hydrogen-bond donors (Lipinski definition) is 2. The molecule has 0 spiro atoms. The largest absolute Gasteiger partial charge is 0.386 e. The molecule has 0 bridgehead atoms. The monoisotopic (exact) mass is 613 g/mol.